The standard InChI is InChI=1S/C8H8N4O3/c9-8(15)12-11-6(7(13)14)5-2-1-3-10-4-5/h1-4H,(H,13,14)(H3,9,12,15)/b11-6-. The molecule has 2 amide bonds. The number of pyridine rings is 1. The first-order valence-electron chi connectivity index (χ1n) is 3.88. The second-order valence-corrected chi connectivity index (χ2v) is 2.48. The summed E-state index contributed by atoms with van der Waals surface area (Å²) in [6, 6.07) is 2.12. The summed E-state index contributed by atoms with van der Waals surface area (Å²) < 4.78 is 0. The molecule has 78 valence electrons. The highest BCUT2D eigenvalue weighted by Gasteiger charge is 2.12. The number of hydrogen-bond acceptors (Lipinski definition) is 4. The van der Waals surface area contributed by atoms with Gasteiger partial charge in [0.25, 0.3) is 0 Å². The average molecular weight is 208 g/mol. The summed E-state index contributed by atoms with van der Waals surface area (Å²) in [4.78, 5) is 24.8. The van der Waals surface area contributed by atoms with Crippen molar-refractivity contribution in [3.63, 3.8) is 0 Å². The van der Waals surface area contributed by atoms with E-state index >= 15 is 0 Å². The third kappa shape index (κ3) is 3.07. The zero-order valence-electron chi connectivity index (χ0n) is 7.54. The highest BCUT2D eigenvalue weighted by atomic mass is 16.4. The van der Waals surface area contributed by atoms with Gasteiger partial charge in [0.15, 0.2) is 5.71 Å². The minimum atomic E-state index is -1.28. The Morgan fingerprint density at radius 2 is 2.27 bits per heavy atom. The number of nitrogens with one attached hydrogen (secondary N) is 1. The van der Waals surface area contributed by atoms with Crippen LogP contribution in [0.4, 0.5) is 4.79 Å². The molecule has 0 spiro atoms. The van der Waals surface area contributed by atoms with Gasteiger partial charge < -0.3 is 10.8 Å². The van der Waals surface area contributed by atoms with Gasteiger partial charge in [0.2, 0.25) is 0 Å². The topological polar surface area (TPSA) is 118 Å². The van der Waals surface area contributed by atoms with E-state index in [1.807, 2.05) is 5.43 Å². The van der Waals surface area contributed by atoms with E-state index in [0.717, 1.165) is 0 Å². The number of carboxylic acid groups (broad SMARTS) is 1. The average Bonchev–Trinajstić information content (AvgIpc) is 2.18. The van der Waals surface area contributed by atoms with Crippen molar-refractivity contribution in [3.05, 3.63) is 30.1 Å². The monoisotopic (exact) mass is 208 g/mol. The summed E-state index contributed by atoms with van der Waals surface area (Å²) in [5.41, 5.74) is 6.54. The van der Waals surface area contributed by atoms with Crippen molar-refractivity contribution in [2.24, 2.45) is 10.8 Å². The van der Waals surface area contributed by atoms with Gasteiger partial charge in [-0.05, 0) is 12.1 Å². The lowest BCUT2D eigenvalue weighted by atomic mass is 10.2. The number of urea groups is 1. The molecule has 0 saturated heterocycles. The van der Waals surface area contributed by atoms with Crippen LogP contribution in [0, 0.1) is 0 Å². The smallest absolute Gasteiger partial charge is 0.357 e. The van der Waals surface area contributed by atoms with Gasteiger partial charge in [0, 0.05) is 18.0 Å². The molecule has 1 rings (SSSR count). The number of aliphatic carboxylic acids is 1. The number of carboxylic acids is 1. The van der Waals surface area contributed by atoms with Crippen molar-refractivity contribution in [3.8, 4) is 0 Å². The number of hydrogen-bond donors (Lipinski definition) is 3. The number of nitrogens with two attached hydrogens (primary N) is 1. The molecule has 0 aliphatic rings. The minimum Gasteiger partial charge on any atom is -0.476 e. The van der Waals surface area contributed by atoms with E-state index in [4.69, 9.17) is 10.8 Å². The number of primary amides is 1. The lowest BCUT2D eigenvalue weighted by Crippen LogP contribution is -2.28. The van der Waals surface area contributed by atoms with E-state index in [-0.39, 0.29) is 11.3 Å². The van der Waals surface area contributed by atoms with Crippen LogP contribution in [0.1, 0.15) is 5.56 Å². The Bertz CT molecular complexity index is 402. The van der Waals surface area contributed by atoms with Crippen LogP contribution in [0.2, 0.25) is 0 Å². The predicted octanol–water partition coefficient (Wildman–Crippen LogP) is -0.461. The maximum Gasteiger partial charge on any atom is 0.357 e. The lowest BCUT2D eigenvalue weighted by molar-refractivity contribution is -0.129. The van der Waals surface area contributed by atoms with E-state index in [1.54, 1.807) is 6.07 Å². The van der Waals surface area contributed by atoms with Gasteiger partial charge >= 0.3 is 12.0 Å². The Morgan fingerprint density at radius 1 is 1.53 bits per heavy atom. The molecule has 1 heterocycles. The summed E-state index contributed by atoms with van der Waals surface area (Å²) >= 11 is 0. The van der Waals surface area contributed by atoms with Crippen molar-refractivity contribution in [2.75, 3.05) is 0 Å². The molecular weight excluding hydrogens is 200 g/mol. The van der Waals surface area contributed by atoms with Crippen molar-refractivity contribution >= 4 is 17.7 Å². The first kappa shape index (κ1) is 10.6. The predicted molar refractivity (Wildman–Crippen MR) is 51.1 cm³/mol. The molecule has 0 bridgehead atoms. The Labute approximate surface area is 84.6 Å². The lowest BCUT2D eigenvalue weighted by Gasteiger charge is -2.00. The molecule has 1 aromatic rings. The zero-order chi connectivity index (χ0) is 11.3. The van der Waals surface area contributed by atoms with E-state index < -0.39 is 12.0 Å². The van der Waals surface area contributed by atoms with Crippen molar-refractivity contribution in [1.29, 1.82) is 0 Å². The van der Waals surface area contributed by atoms with Crippen molar-refractivity contribution < 1.29 is 14.7 Å². The Balaban J connectivity index is 2.99. The fraction of sp³-hybridized carbons (Fsp3) is 0. The number of carbonyl (C=O) groups excluding carboxylic acids is 1. The molecule has 1 aromatic heterocycles. The SMILES string of the molecule is NC(=O)N/N=C(\C(=O)O)c1cccnc1. The first-order chi connectivity index (χ1) is 7.11. The molecule has 0 aliphatic heterocycles. The maximum atomic E-state index is 10.8. The van der Waals surface area contributed by atoms with Crippen molar-refractivity contribution in [2.45, 2.75) is 0 Å². The largest absolute Gasteiger partial charge is 0.476 e. The highest BCUT2D eigenvalue weighted by molar-refractivity contribution is 6.42. The molecule has 0 saturated carbocycles. The molecule has 0 fully saturated rings. The number of nitrogens with zero attached hydrogens (tertiary/aromatic N) is 2. The van der Waals surface area contributed by atoms with Gasteiger partial charge in [-0.15, -0.1) is 0 Å². The van der Waals surface area contributed by atoms with Crippen LogP contribution in [0.25, 0.3) is 0 Å². The third-order valence-corrected chi connectivity index (χ3v) is 1.42. The number of aromatic nitrogens is 1. The molecule has 7 heteroatoms. The van der Waals surface area contributed by atoms with E-state index in [9.17, 15) is 9.59 Å². The third-order valence-electron chi connectivity index (χ3n) is 1.42. The Hall–Kier alpha value is -2.44. The number of rotatable bonds is 3. The fourth-order valence-corrected chi connectivity index (χ4v) is 0.850. The highest BCUT2D eigenvalue weighted by Crippen LogP contribution is 1.98. The first-order valence-corrected chi connectivity index (χ1v) is 3.88. The molecule has 0 atom stereocenters. The fourth-order valence-electron chi connectivity index (χ4n) is 0.850. The Kier molecular flexibility index (Phi) is 3.33. The molecule has 7 nitrogen and oxygen atoms in total. The molecule has 0 aromatic carbocycles. The summed E-state index contributed by atoms with van der Waals surface area (Å²) in [6.45, 7) is 0. The number of carbonyl (C=O) groups is 2. The number of hydrazone groups is 1. The quantitative estimate of drug-likeness (QED) is 0.460. The van der Waals surface area contributed by atoms with Crippen LogP contribution in [0.5, 0.6) is 0 Å². The van der Waals surface area contributed by atoms with Crippen LogP contribution in [0.3, 0.4) is 0 Å². The molecule has 0 radical (unpaired) electrons. The zero-order valence-corrected chi connectivity index (χ0v) is 7.54. The second kappa shape index (κ2) is 4.70. The van der Waals surface area contributed by atoms with Crippen LogP contribution in [0.15, 0.2) is 29.6 Å². The van der Waals surface area contributed by atoms with Crippen LogP contribution >= 0.6 is 0 Å². The minimum absolute atomic E-state index is 0.277. The second-order valence-electron chi connectivity index (χ2n) is 2.48. The molecule has 0 aliphatic carbocycles. The summed E-state index contributed by atoms with van der Waals surface area (Å²) in [6.07, 6.45) is 2.81. The summed E-state index contributed by atoms with van der Waals surface area (Å²) in [5.74, 6) is -1.28. The van der Waals surface area contributed by atoms with Gasteiger partial charge in [0.05, 0.1) is 0 Å². The van der Waals surface area contributed by atoms with E-state index in [0.29, 0.717) is 0 Å². The molecule has 0 unspecified atom stereocenters. The van der Waals surface area contributed by atoms with Gasteiger partial charge in [-0.1, -0.05) is 0 Å². The van der Waals surface area contributed by atoms with E-state index in [2.05, 4.69) is 10.1 Å². The number of amides is 2. The van der Waals surface area contributed by atoms with E-state index in [1.165, 1.54) is 18.5 Å². The van der Waals surface area contributed by atoms with Crippen LogP contribution in [-0.2, 0) is 4.79 Å². The Morgan fingerprint density at radius 3 is 2.73 bits per heavy atom. The van der Waals surface area contributed by atoms with Gasteiger partial charge in [-0.2, -0.15) is 5.10 Å². The molecular formula is C8H8N4O3. The molecule has 15 heavy (non-hydrogen) atoms. The maximum absolute atomic E-state index is 10.8. The van der Waals surface area contributed by atoms with Gasteiger partial charge in [-0.25, -0.2) is 15.0 Å². The van der Waals surface area contributed by atoms with Gasteiger partial charge in [-0.3, -0.25) is 4.98 Å². The van der Waals surface area contributed by atoms with Crippen molar-refractivity contribution in [1.82, 2.24) is 10.4 Å². The van der Waals surface area contributed by atoms with Crippen LogP contribution < -0.4 is 11.2 Å². The summed E-state index contributed by atoms with van der Waals surface area (Å²) in [5, 5.41) is 12.1. The van der Waals surface area contributed by atoms with Gasteiger partial charge in [0.1, 0.15) is 0 Å². The summed E-state index contributed by atoms with van der Waals surface area (Å²) in [7, 11) is 0. The van der Waals surface area contributed by atoms with Crippen LogP contribution in [-0.4, -0.2) is 27.8 Å². The normalized spacial score (nSPS) is 10.8. The molecule has 4 N–H and O–H groups in total.